The van der Waals surface area contributed by atoms with E-state index < -0.39 is 54.5 Å². The Balaban J connectivity index is 1.73. The number of hydrogen-bond acceptors (Lipinski definition) is 12. The maximum Gasteiger partial charge on any atom is 0.323 e. The maximum atomic E-state index is 13.0. The lowest BCUT2D eigenvalue weighted by atomic mass is 9.92. The van der Waals surface area contributed by atoms with E-state index in [1.165, 1.54) is 16.9 Å². The van der Waals surface area contributed by atoms with E-state index in [2.05, 4.69) is 16.2 Å². The van der Waals surface area contributed by atoms with Gasteiger partial charge in [-0.25, -0.2) is 9.50 Å². The number of nitriles is 1. The number of carbonyl (C=O) groups is 3. The number of carbonyl (C=O) groups excluding carboxylic acids is 3. The van der Waals surface area contributed by atoms with Crippen molar-refractivity contribution in [3.05, 3.63) is 60.0 Å². The first-order valence-corrected chi connectivity index (χ1v) is 12.6. The molecule has 0 bridgehead atoms. The number of anilines is 1. The number of nitrogens with two attached hydrogens (primary N) is 2. The van der Waals surface area contributed by atoms with Crippen LogP contribution >= 0.6 is 0 Å². The number of aromatic nitrogens is 3. The summed E-state index contributed by atoms with van der Waals surface area (Å²) in [5.74, 6) is -2.29. The largest absolute Gasteiger partial charge is 0.463 e. The number of nitrogens with zero attached hydrogens (tertiary/aromatic N) is 4. The van der Waals surface area contributed by atoms with Crippen molar-refractivity contribution in [1.29, 1.82) is 5.26 Å². The fraction of sp³-hybridized carbons (Fsp3) is 0.407. The first-order valence-electron chi connectivity index (χ1n) is 12.6. The van der Waals surface area contributed by atoms with Gasteiger partial charge < -0.3 is 30.4 Å². The van der Waals surface area contributed by atoms with Crippen molar-refractivity contribution in [2.45, 2.75) is 57.1 Å². The summed E-state index contributed by atoms with van der Waals surface area (Å²) >= 11 is 0. The van der Waals surface area contributed by atoms with Gasteiger partial charge in [0, 0.05) is 6.92 Å². The second kappa shape index (κ2) is 11.7. The van der Waals surface area contributed by atoms with Crippen LogP contribution in [0.5, 0.6) is 0 Å². The molecule has 1 fully saturated rings. The van der Waals surface area contributed by atoms with Crippen LogP contribution in [0.4, 0.5) is 5.82 Å². The summed E-state index contributed by atoms with van der Waals surface area (Å²) in [6, 6.07) is 13.1. The van der Waals surface area contributed by atoms with Crippen molar-refractivity contribution in [2.75, 3.05) is 12.3 Å². The summed E-state index contributed by atoms with van der Waals surface area (Å²) in [5.41, 5.74) is 11.2. The molecule has 5 atom stereocenters. The van der Waals surface area contributed by atoms with Crippen LogP contribution in [-0.4, -0.2) is 63.5 Å². The Morgan fingerprint density at radius 1 is 1.18 bits per heavy atom. The number of fused-ring (bicyclic) bond motifs is 1. The van der Waals surface area contributed by atoms with Gasteiger partial charge in [0.15, 0.2) is 18.0 Å². The molecule has 0 aliphatic carbocycles. The highest BCUT2D eigenvalue weighted by atomic mass is 16.7. The van der Waals surface area contributed by atoms with E-state index in [-0.39, 0.29) is 23.9 Å². The van der Waals surface area contributed by atoms with Gasteiger partial charge in [-0.1, -0.05) is 44.2 Å². The summed E-state index contributed by atoms with van der Waals surface area (Å²) in [6.07, 6.45) is -2.89. The summed E-state index contributed by atoms with van der Waals surface area (Å²) < 4.78 is 24.3. The first kappa shape index (κ1) is 28.5. The smallest absolute Gasteiger partial charge is 0.323 e. The van der Waals surface area contributed by atoms with Gasteiger partial charge in [0.1, 0.15) is 36.7 Å². The summed E-state index contributed by atoms with van der Waals surface area (Å²) in [5, 5.41) is 14.7. The van der Waals surface area contributed by atoms with Crippen molar-refractivity contribution < 1.29 is 33.3 Å². The highest BCUT2D eigenvalue weighted by molar-refractivity contribution is 5.76. The average molecular weight is 551 g/mol. The molecule has 1 aromatic carbocycles. The molecule has 3 heterocycles. The van der Waals surface area contributed by atoms with Crippen molar-refractivity contribution in [1.82, 2.24) is 14.6 Å². The molecule has 4 rings (SSSR count). The lowest BCUT2D eigenvalue weighted by Gasteiger charge is -2.29. The Morgan fingerprint density at radius 2 is 1.90 bits per heavy atom. The molecule has 0 amide bonds. The second-order valence-electron chi connectivity index (χ2n) is 9.71. The minimum Gasteiger partial charge on any atom is -0.463 e. The van der Waals surface area contributed by atoms with Crippen LogP contribution in [0.25, 0.3) is 5.52 Å². The highest BCUT2D eigenvalue weighted by Crippen LogP contribution is 2.43. The minimum absolute atomic E-state index is 0.0213. The van der Waals surface area contributed by atoms with Crippen molar-refractivity contribution in [3.63, 3.8) is 0 Å². The van der Waals surface area contributed by atoms with Gasteiger partial charge in [-0.2, -0.15) is 10.4 Å². The van der Waals surface area contributed by atoms with Crippen LogP contribution in [0.1, 0.15) is 32.0 Å². The molecule has 13 nitrogen and oxygen atoms in total. The average Bonchev–Trinajstić information content (AvgIpc) is 3.48. The molecule has 210 valence electrons. The lowest BCUT2D eigenvalue weighted by molar-refractivity contribution is -0.170. The van der Waals surface area contributed by atoms with Crippen LogP contribution in [0, 0.1) is 17.2 Å². The monoisotopic (exact) mass is 550 g/mol. The number of ether oxygens (including phenoxy) is 4. The standard InChI is InChI=1S/C27H30N6O7/c1-15(2)22(29)26(36)39-23-19(12-37-21(35)11-17-7-5-4-6-8-17)40-27(13-28,24(23)38-16(3)34)20-10-9-18-25(30)31-14-32-33(18)20/h4-10,14-15,19,22-24H,11-12,29H2,1-3H3,(H2,30,31,32)/t19-,22+,23-,24-,27+/m1/s1. The molecule has 0 spiro atoms. The lowest BCUT2D eigenvalue weighted by Crippen LogP contribution is -2.48. The second-order valence-corrected chi connectivity index (χ2v) is 9.71. The SMILES string of the molecule is CC(=O)O[C@@H]1[C@H](OC(=O)[C@@H](N)C(C)C)[C@@H](COC(=O)Cc2ccccc2)O[C@@]1(C#N)c1ccc2c(N)ncnn12. The maximum absolute atomic E-state index is 13.0. The Bertz CT molecular complexity index is 1440. The Morgan fingerprint density at radius 3 is 2.55 bits per heavy atom. The fourth-order valence-corrected chi connectivity index (χ4v) is 4.46. The molecule has 1 saturated heterocycles. The predicted molar refractivity (Wildman–Crippen MR) is 139 cm³/mol. The van der Waals surface area contributed by atoms with Crippen molar-refractivity contribution in [3.8, 4) is 6.07 Å². The molecule has 3 aromatic rings. The summed E-state index contributed by atoms with van der Waals surface area (Å²) in [4.78, 5) is 41.8. The zero-order valence-corrected chi connectivity index (χ0v) is 22.2. The highest BCUT2D eigenvalue weighted by Gasteiger charge is 2.62. The minimum atomic E-state index is -2.04. The molecule has 0 radical (unpaired) electrons. The van der Waals surface area contributed by atoms with E-state index >= 15 is 0 Å². The topological polar surface area (TPSA) is 194 Å². The molecule has 2 aromatic heterocycles. The van der Waals surface area contributed by atoms with Gasteiger partial charge in [-0.15, -0.1) is 0 Å². The molecule has 13 heteroatoms. The predicted octanol–water partition coefficient (Wildman–Crippen LogP) is 1.04. The molecule has 1 aliphatic rings. The van der Waals surface area contributed by atoms with Crippen LogP contribution in [0.2, 0.25) is 0 Å². The fourth-order valence-electron chi connectivity index (χ4n) is 4.46. The van der Waals surface area contributed by atoms with E-state index in [0.717, 1.165) is 12.5 Å². The molecular weight excluding hydrogens is 520 g/mol. The Labute approximate surface area is 229 Å². The molecule has 0 unspecified atom stereocenters. The van der Waals surface area contributed by atoms with Crippen LogP contribution in [-0.2, 0) is 45.4 Å². The zero-order valence-electron chi connectivity index (χ0n) is 22.2. The molecular formula is C27H30N6O7. The van der Waals surface area contributed by atoms with Crippen LogP contribution < -0.4 is 11.5 Å². The third kappa shape index (κ3) is 5.58. The van der Waals surface area contributed by atoms with E-state index in [0.29, 0.717) is 5.52 Å². The third-order valence-corrected chi connectivity index (χ3v) is 6.57. The number of nitrogen functional groups attached to an aromatic ring is 1. The van der Waals surface area contributed by atoms with Gasteiger partial charge in [0.05, 0.1) is 12.1 Å². The summed E-state index contributed by atoms with van der Waals surface area (Å²) in [6.45, 7) is 4.20. The summed E-state index contributed by atoms with van der Waals surface area (Å²) in [7, 11) is 0. The van der Waals surface area contributed by atoms with E-state index in [4.69, 9.17) is 30.4 Å². The molecule has 4 N–H and O–H groups in total. The van der Waals surface area contributed by atoms with Gasteiger partial charge >= 0.3 is 17.9 Å². The zero-order chi connectivity index (χ0) is 29.0. The number of hydrogen-bond donors (Lipinski definition) is 2. The normalized spacial score (nSPS) is 22.9. The van der Waals surface area contributed by atoms with Gasteiger partial charge in [-0.3, -0.25) is 14.4 Å². The van der Waals surface area contributed by atoms with E-state index in [1.54, 1.807) is 44.2 Å². The molecule has 1 aliphatic heterocycles. The first-order chi connectivity index (χ1) is 19.1. The Kier molecular flexibility index (Phi) is 8.32. The van der Waals surface area contributed by atoms with Gasteiger partial charge in [0.25, 0.3) is 0 Å². The number of benzene rings is 1. The quantitative estimate of drug-likeness (QED) is 0.284. The van der Waals surface area contributed by atoms with E-state index in [1.807, 2.05) is 6.07 Å². The third-order valence-electron chi connectivity index (χ3n) is 6.57. The van der Waals surface area contributed by atoms with Gasteiger partial charge in [-0.05, 0) is 23.6 Å². The van der Waals surface area contributed by atoms with Crippen LogP contribution in [0.15, 0.2) is 48.8 Å². The molecule has 0 saturated carbocycles. The number of esters is 3. The molecule has 40 heavy (non-hydrogen) atoms. The van der Waals surface area contributed by atoms with Crippen LogP contribution in [0.3, 0.4) is 0 Å². The van der Waals surface area contributed by atoms with Gasteiger partial charge in [0.2, 0.25) is 5.60 Å². The Hall–Kier alpha value is -4.54. The number of rotatable bonds is 9. The van der Waals surface area contributed by atoms with Crippen molar-refractivity contribution in [2.24, 2.45) is 11.7 Å². The van der Waals surface area contributed by atoms with Crippen molar-refractivity contribution >= 4 is 29.2 Å². The van der Waals surface area contributed by atoms with E-state index in [9.17, 15) is 19.6 Å².